The maximum Gasteiger partial charge on any atom is 0.297 e. The summed E-state index contributed by atoms with van der Waals surface area (Å²) >= 11 is 0. The molecule has 0 radical (unpaired) electrons. The summed E-state index contributed by atoms with van der Waals surface area (Å²) in [6.45, 7) is 6.98. The Hall–Kier alpha value is -2.75. The maximum atomic E-state index is 11.9. The van der Waals surface area contributed by atoms with E-state index in [1.165, 1.54) is 18.3 Å². The van der Waals surface area contributed by atoms with Gasteiger partial charge in [0.2, 0.25) is 0 Å². The zero-order valence-corrected chi connectivity index (χ0v) is 26.0. The molecule has 2 N–H and O–H groups in total. The molecule has 0 fully saturated rings. The molecule has 0 saturated heterocycles. The van der Waals surface area contributed by atoms with E-state index in [1.54, 1.807) is 24.3 Å². The standard InChI is InChI=1S/C15H24O7S.C14H20N2O5/c1-14-2-4-15(5-3-14)23(17,18)22-13-12-21-11-10-20-9-8-19-7-6-16;15-11-13-1-2-14(12-16-13)21-10-9-20-8-7-19-6-5-18-4-3-17/h2-5,16H,6-13H2,1H3;1-2,12,17H,3-10H2. The lowest BCUT2D eigenvalue weighted by molar-refractivity contribution is 0.00359. The number of aliphatic hydroxyl groups excluding tert-OH is 2. The first kappa shape index (κ1) is 39.3. The normalized spacial score (nSPS) is 11.0. The van der Waals surface area contributed by atoms with Gasteiger partial charge in [-0.15, -0.1) is 0 Å². The Morgan fingerprint density at radius 2 is 1.11 bits per heavy atom. The summed E-state index contributed by atoms with van der Waals surface area (Å²) in [6.07, 6.45) is 1.51. The molecule has 0 unspecified atom stereocenters. The van der Waals surface area contributed by atoms with Gasteiger partial charge in [0.05, 0.1) is 110 Å². The Balaban J connectivity index is 0.000000442. The smallest absolute Gasteiger partial charge is 0.297 e. The first-order valence-corrected chi connectivity index (χ1v) is 15.5. The molecule has 0 aliphatic rings. The van der Waals surface area contributed by atoms with E-state index in [0.29, 0.717) is 90.7 Å². The lowest BCUT2D eigenvalue weighted by atomic mass is 10.2. The Kier molecular flexibility index (Phi) is 23.8. The molecule has 2 aromatic rings. The van der Waals surface area contributed by atoms with Gasteiger partial charge in [0.25, 0.3) is 10.1 Å². The number of aromatic nitrogens is 1. The average Bonchev–Trinajstić information content (AvgIpc) is 3.03. The van der Waals surface area contributed by atoms with E-state index in [0.717, 1.165) is 5.56 Å². The van der Waals surface area contributed by atoms with E-state index in [9.17, 15) is 8.42 Å². The number of nitriles is 1. The molecule has 14 nitrogen and oxygen atoms in total. The number of benzene rings is 1. The lowest BCUT2D eigenvalue weighted by Crippen LogP contribution is -2.14. The minimum Gasteiger partial charge on any atom is -0.490 e. The predicted molar refractivity (Wildman–Crippen MR) is 158 cm³/mol. The first-order chi connectivity index (χ1) is 21.4. The summed E-state index contributed by atoms with van der Waals surface area (Å²) in [5.74, 6) is 0.606. The van der Waals surface area contributed by atoms with Crippen molar-refractivity contribution in [1.82, 2.24) is 4.98 Å². The molecule has 1 heterocycles. The molecule has 1 aromatic carbocycles. The van der Waals surface area contributed by atoms with Crippen LogP contribution in [0.1, 0.15) is 11.3 Å². The van der Waals surface area contributed by atoms with Crippen LogP contribution in [0.5, 0.6) is 5.75 Å². The summed E-state index contributed by atoms with van der Waals surface area (Å²) < 4.78 is 65.1. The van der Waals surface area contributed by atoms with Crippen LogP contribution < -0.4 is 4.74 Å². The summed E-state index contributed by atoms with van der Waals surface area (Å²) in [4.78, 5) is 4.03. The van der Waals surface area contributed by atoms with Gasteiger partial charge in [-0.3, -0.25) is 4.18 Å². The van der Waals surface area contributed by atoms with Gasteiger partial charge in [0, 0.05) is 0 Å². The Labute approximate surface area is 259 Å². The fourth-order valence-corrected chi connectivity index (χ4v) is 3.83. The van der Waals surface area contributed by atoms with Crippen LogP contribution in [0.25, 0.3) is 0 Å². The third-order valence-electron chi connectivity index (χ3n) is 5.08. The number of nitrogens with zero attached hydrogens (tertiary/aromatic N) is 2. The van der Waals surface area contributed by atoms with Gasteiger partial charge in [-0.2, -0.15) is 13.7 Å². The van der Waals surface area contributed by atoms with Crippen LogP contribution in [-0.2, 0) is 42.7 Å². The topological polar surface area (TPSA) is 185 Å². The fraction of sp³-hybridized carbons (Fsp3) is 0.586. The molecule has 0 atom stereocenters. The third kappa shape index (κ3) is 21.0. The molecule has 0 bridgehead atoms. The summed E-state index contributed by atoms with van der Waals surface area (Å²) in [6, 6.07) is 11.7. The molecule has 15 heteroatoms. The molecular formula is C29H44N2O12S. The van der Waals surface area contributed by atoms with Crippen molar-refractivity contribution in [3.05, 3.63) is 53.9 Å². The van der Waals surface area contributed by atoms with Crippen molar-refractivity contribution in [2.24, 2.45) is 0 Å². The molecule has 0 aliphatic carbocycles. The Morgan fingerprint density at radius 3 is 1.55 bits per heavy atom. The van der Waals surface area contributed by atoms with Crippen molar-refractivity contribution in [2.45, 2.75) is 11.8 Å². The molecule has 0 aliphatic heterocycles. The van der Waals surface area contributed by atoms with Crippen molar-refractivity contribution in [2.75, 3.05) is 106 Å². The van der Waals surface area contributed by atoms with Crippen molar-refractivity contribution >= 4 is 10.1 Å². The van der Waals surface area contributed by atoms with Crippen LogP contribution in [0.2, 0.25) is 0 Å². The highest BCUT2D eigenvalue weighted by molar-refractivity contribution is 7.86. The largest absolute Gasteiger partial charge is 0.490 e. The SMILES string of the molecule is Cc1ccc(S(=O)(=O)OCCOCCOCCOCCO)cc1.N#Cc1ccc(OCCOCCOCCOCCO)cn1. The maximum absolute atomic E-state index is 11.9. The number of aryl methyl sites for hydroxylation is 1. The predicted octanol–water partition coefficient (Wildman–Crippen LogP) is 1.12. The molecular weight excluding hydrogens is 600 g/mol. The van der Waals surface area contributed by atoms with Gasteiger partial charge in [0.15, 0.2) is 0 Å². The molecule has 0 amide bonds. The van der Waals surface area contributed by atoms with Crippen molar-refractivity contribution in [3.63, 3.8) is 0 Å². The zero-order valence-electron chi connectivity index (χ0n) is 25.1. The van der Waals surface area contributed by atoms with Crippen LogP contribution in [0.4, 0.5) is 0 Å². The highest BCUT2D eigenvalue weighted by Crippen LogP contribution is 2.13. The minimum absolute atomic E-state index is 0.00535. The quantitative estimate of drug-likeness (QED) is 0.116. The van der Waals surface area contributed by atoms with Crippen molar-refractivity contribution in [3.8, 4) is 11.8 Å². The highest BCUT2D eigenvalue weighted by Gasteiger charge is 2.14. The number of hydrogen-bond acceptors (Lipinski definition) is 14. The van der Waals surface area contributed by atoms with Gasteiger partial charge in [-0.05, 0) is 31.2 Å². The van der Waals surface area contributed by atoms with Crippen LogP contribution >= 0.6 is 0 Å². The molecule has 248 valence electrons. The lowest BCUT2D eigenvalue weighted by Gasteiger charge is -2.08. The van der Waals surface area contributed by atoms with Gasteiger partial charge >= 0.3 is 0 Å². The molecule has 0 saturated carbocycles. The number of pyridine rings is 1. The van der Waals surface area contributed by atoms with Gasteiger partial charge in [0.1, 0.15) is 24.1 Å². The minimum atomic E-state index is -3.74. The monoisotopic (exact) mass is 644 g/mol. The van der Waals surface area contributed by atoms with Crippen LogP contribution in [0, 0.1) is 18.3 Å². The second-order valence-corrected chi connectivity index (χ2v) is 10.2. The summed E-state index contributed by atoms with van der Waals surface area (Å²) in [5, 5.41) is 25.6. The Morgan fingerprint density at radius 1 is 0.659 bits per heavy atom. The van der Waals surface area contributed by atoms with Crippen LogP contribution in [-0.4, -0.2) is 129 Å². The summed E-state index contributed by atoms with van der Waals surface area (Å²) in [5.41, 5.74) is 1.34. The molecule has 44 heavy (non-hydrogen) atoms. The number of rotatable bonds is 25. The van der Waals surface area contributed by atoms with Gasteiger partial charge in [-0.25, -0.2) is 4.98 Å². The number of ether oxygens (including phenoxy) is 7. The van der Waals surface area contributed by atoms with E-state index in [4.69, 9.17) is 52.8 Å². The highest BCUT2D eigenvalue weighted by atomic mass is 32.2. The first-order valence-electron chi connectivity index (χ1n) is 14.1. The second-order valence-electron chi connectivity index (χ2n) is 8.55. The van der Waals surface area contributed by atoms with E-state index in [2.05, 4.69) is 4.98 Å². The fourth-order valence-electron chi connectivity index (χ4n) is 2.94. The van der Waals surface area contributed by atoms with Crippen LogP contribution in [0.3, 0.4) is 0 Å². The third-order valence-corrected chi connectivity index (χ3v) is 6.41. The van der Waals surface area contributed by atoms with Crippen molar-refractivity contribution < 1.29 is 56.0 Å². The molecule has 1 aromatic heterocycles. The molecule has 0 spiro atoms. The number of aliphatic hydroxyl groups is 2. The van der Waals surface area contributed by atoms with Gasteiger partial charge in [-0.1, -0.05) is 17.7 Å². The van der Waals surface area contributed by atoms with E-state index < -0.39 is 10.1 Å². The zero-order chi connectivity index (χ0) is 32.1. The Bertz CT molecular complexity index is 1100. The second kappa shape index (κ2) is 26.6. The molecule has 2 rings (SSSR count). The average molecular weight is 645 g/mol. The van der Waals surface area contributed by atoms with E-state index in [1.807, 2.05) is 13.0 Å². The van der Waals surface area contributed by atoms with Gasteiger partial charge < -0.3 is 43.4 Å². The number of hydrogen-bond donors (Lipinski definition) is 2. The van der Waals surface area contributed by atoms with E-state index in [-0.39, 0.29) is 31.3 Å². The van der Waals surface area contributed by atoms with Crippen LogP contribution in [0.15, 0.2) is 47.5 Å². The van der Waals surface area contributed by atoms with Crippen molar-refractivity contribution in [1.29, 1.82) is 5.26 Å². The van der Waals surface area contributed by atoms with E-state index >= 15 is 0 Å². The summed E-state index contributed by atoms with van der Waals surface area (Å²) in [7, 11) is -3.74.